The van der Waals surface area contributed by atoms with E-state index in [1.54, 1.807) is 0 Å². The van der Waals surface area contributed by atoms with Gasteiger partial charge in [-0.05, 0) is 55.9 Å². The van der Waals surface area contributed by atoms with Crippen LogP contribution in [0, 0.1) is 35.0 Å². The summed E-state index contributed by atoms with van der Waals surface area (Å²) in [6.07, 6.45) is 14.9. The second kappa shape index (κ2) is 5.67. The van der Waals surface area contributed by atoms with Crippen LogP contribution in [-0.4, -0.2) is 42.4 Å². The van der Waals surface area contributed by atoms with Crippen LogP contribution in [0.3, 0.4) is 0 Å². The number of aliphatic hydroxyl groups is 1. The molecule has 4 aliphatic carbocycles. The summed E-state index contributed by atoms with van der Waals surface area (Å²) in [5.41, 5.74) is -0.504. The number of fused-ring (bicyclic) bond motifs is 5. The molecule has 5 aliphatic rings. The van der Waals surface area contributed by atoms with Gasteiger partial charge < -0.3 is 14.6 Å². The number of ether oxygens (including phenoxy) is 2. The molecule has 4 nitrogen and oxygen atoms in total. The van der Waals surface area contributed by atoms with E-state index in [-0.39, 0.29) is 23.7 Å². The Bertz CT molecular complexity index is 705. The topological polar surface area (TPSA) is 55.8 Å². The fourth-order valence-electron chi connectivity index (χ4n) is 6.95. The van der Waals surface area contributed by atoms with Crippen LogP contribution < -0.4 is 0 Å². The van der Waals surface area contributed by atoms with Gasteiger partial charge in [0.1, 0.15) is 6.10 Å². The molecule has 4 fully saturated rings. The van der Waals surface area contributed by atoms with Crippen molar-refractivity contribution in [2.24, 2.45) is 22.7 Å². The Morgan fingerprint density at radius 3 is 2.92 bits per heavy atom. The standard InChI is InChI=1S/C22H28O4/c1-2-21-7-3-4-8-22(21,24)10-5-15-16(21)6-9-20-14-25-11-12-26-18(19(20)23)13-17(15)20/h1,6,15,17-18,24H,3-5,7-14H2/t15-,17+,18?,20-,21-,22+/m1/s1. The van der Waals surface area contributed by atoms with Gasteiger partial charge in [0.25, 0.3) is 0 Å². The van der Waals surface area contributed by atoms with Crippen LogP contribution in [0.5, 0.6) is 0 Å². The highest BCUT2D eigenvalue weighted by Gasteiger charge is 2.65. The van der Waals surface area contributed by atoms with Gasteiger partial charge in [0.05, 0.1) is 36.3 Å². The highest BCUT2D eigenvalue weighted by molar-refractivity contribution is 5.92. The molecular weight excluding hydrogens is 328 g/mol. The SMILES string of the molecule is C#C[C@]12CCCC[C@]1(O)CC[C@@H]1C2=CC[C@@]23COCCOC(C[C@@H]12)C3=O. The second-order valence-corrected chi connectivity index (χ2v) is 9.07. The quantitative estimate of drug-likeness (QED) is 0.535. The summed E-state index contributed by atoms with van der Waals surface area (Å²) >= 11 is 0. The highest BCUT2D eigenvalue weighted by atomic mass is 16.5. The Morgan fingerprint density at radius 2 is 2.08 bits per heavy atom. The van der Waals surface area contributed by atoms with Gasteiger partial charge in [-0.3, -0.25) is 4.79 Å². The molecule has 0 amide bonds. The summed E-state index contributed by atoms with van der Waals surface area (Å²) in [6, 6.07) is 0. The molecule has 3 saturated carbocycles. The Kier molecular flexibility index (Phi) is 3.71. The third kappa shape index (κ3) is 1.95. The average molecular weight is 356 g/mol. The number of carbonyl (C=O) groups excluding carboxylic acids is 1. The molecule has 140 valence electrons. The van der Waals surface area contributed by atoms with E-state index in [1.807, 2.05) is 0 Å². The van der Waals surface area contributed by atoms with E-state index in [4.69, 9.17) is 15.9 Å². The molecule has 1 unspecified atom stereocenters. The first-order chi connectivity index (χ1) is 12.6. The minimum atomic E-state index is -0.773. The zero-order valence-corrected chi connectivity index (χ0v) is 15.3. The van der Waals surface area contributed by atoms with Crippen molar-refractivity contribution in [3.05, 3.63) is 11.6 Å². The van der Waals surface area contributed by atoms with Crippen LogP contribution in [0.15, 0.2) is 11.6 Å². The van der Waals surface area contributed by atoms with Gasteiger partial charge in [-0.15, -0.1) is 6.42 Å². The molecule has 1 N–H and O–H groups in total. The highest BCUT2D eigenvalue weighted by Crippen LogP contribution is 2.64. The zero-order chi connectivity index (χ0) is 18.0. The van der Waals surface area contributed by atoms with Gasteiger partial charge in [0.15, 0.2) is 5.78 Å². The summed E-state index contributed by atoms with van der Waals surface area (Å²) in [4.78, 5) is 13.2. The first-order valence-electron chi connectivity index (χ1n) is 10.2. The number of hydrogen-bond acceptors (Lipinski definition) is 4. The van der Waals surface area contributed by atoms with Gasteiger partial charge in [-0.25, -0.2) is 0 Å². The Morgan fingerprint density at radius 1 is 1.23 bits per heavy atom. The normalized spacial score (nSPS) is 50.4. The van der Waals surface area contributed by atoms with Crippen molar-refractivity contribution in [1.29, 1.82) is 0 Å². The largest absolute Gasteiger partial charge is 0.388 e. The smallest absolute Gasteiger partial charge is 0.170 e. The molecule has 1 saturated heterocycles. The van der Waals surface area contributed by atoms with Crippen LogP contribution in [-0.2, 0) is 14.3 Å². The number of terminal acetylenes is 1. The summed E-state index contributed by atoms with van der Waals surface area (Å²) in [7, 11) is 0. The lowest BCUT2D eigenvalue weighted by molar-refractivity contribution is -0.148. The first kappa shape index (κ1) is 17.0. The van der Waals surface area contributed by atoms with E-state index in [1.165, 1.54) is 5.57 Å². The summed E-state index contributed by atoms with van der Waals surface area (Å²) < 4.78 is 11.7. The minimum absolute atomic E-state index is 0.231. The molecule has 0 aromatic rings. The van der Waals surface area contributed by atoms with Crippen LogP contribution in [0.4, 0.5) is 0 Å². The van der Waals surface area contributed by atoms with Crippen molar-refractivity contribution < 1.29 is 19.4 Å². The van der Waals surface area contributed by atoms with Crippen molar-refractivity contribution in [1.82, 2.24) is 0 Å². The number of ketones is 1. The maximum Gasteiger partial charge on any atom is 0.170 e. The predicted molar refractivity (Wildman–Crippen MR) is 96.2 cm³/mol. The van der Waals surface area contributed by atoms with E-state index < -0.39 is 16.4 Å². The molecule has 0 aromatic heterocycles. The Balaban J connectivity index is 1.59. The fraction of sp³-hybridized carbons (Fsp3) is 0.773. The third-order valence-corrected chi connectivity index (χ3v) is 8.23. The molecule has 6 atom stereocenters. The molecule has 0 aromatic carbocycles. The van der Waals surface area contributed by atoms with Crippen molar-refractivity contribution in [3.8, 4) is 12.3 Å². The number of rotatable bonds is 0. The zero-order valence-electron chi connectivity index (χ0n) is 15.3. The van der Waals surface area contributed by atoms with E-state index >= 15 is 0 Å². The van der Waals surface area contributed by atoms with Crippen molar-refractivity contribution in [3.63, 3.8) is 0 Å². The molecule has 1 heterocycles. The van der Waals surface area contributed by atoms with Gasteiger partial charge >= 0.3 is 0 Å². The molecule has 4 heteroatoms. The van der Waals surface area contributed by atoms with E-state index in [9.17, 15) is 9.90 Å². The van der Waals surface area contributed by atoms with E-state index in [0.29, 0.717) is 26.2 Å². The fourth-order valence-corrected chi connectivity index (χ4v) is 6.95. The molecule has 26 heavy (non-hydrogen) atoms. The number of carbonyl (C=O) groups is 1. The van der Waals surface area contributed by atoms with Gasteiger partial charge in [0, 0.05) is 0 Å². The van der Waals surface area contributed by atoms with Crippen molar-refractivity contribution in [2.75, 3.05) is 19.8 Å². The first-order valence-corrected chi connectivity index (χ1v) is 10.2. The Hall–Kier alpha value is -1.15. The van der Waals surface area contributed by atoms with E-state index in [2.05, 4.69) is 12.0 Å². The van der Waals surface area contributed by atoms with Gasteiger partial charge in [0.2, 0.25) is 0 Å². The summed E-state index contributed by atoms with van der Waals surface area (Å²) in [5, 5.41) is 11.4. The molecule has 1 aliphatic heterocycles. The van der Waals surface area contributed by atoms with Gasteiger partial charge in [-0.1, -0.05) is 24.8 Å². The van der Waals surface area contributed by atoms with Crippen molar-refractivity contribution in [2.45, 2.75) is 63.1 Å². The number of hydrogen-bond donors (Lipinski definition) is 1. The predicted octanol–water partition coefficient (Wildman–Crippen LogP) is 2.64. The minimum Gasteiger partial charge on any atom is -0.388 e. The van der Waals surface area contributed by atoms with Crippen LogP contribution in [0.2, 0.25) is 0 Å². The lowest BCUT2D eigenvalue weighted by atomic mass is 9.47. The van der Waals surface area contributed by atoms with Gasteiger partial charge in [-0.2, -0.15) is 0 Å². The number of Topliss-reactive ketones (excluding diaryl/α,β-unsaturated/α-hetero) is 1. The molecule has 0 radical (unpaired) electrons. The average Bonchev–Trinajstić information content (AvgIpc) is 2.97. The third-order valence-electron chi connectivity index (χ3n) is 8.23. The molecular formula is C22H28O4. The summed E-state index contributed by atoms with van der Waals surface area (Å²) in [6.45, 7) is 1.57. The summed E-state index contributed by atoms with van der Waals surface area (Å²) in [5.74, 6) is 3.81. The lowest BCUT2D eigenvalue weighted by Gasteiger charge is -2.58. The second-order valence-electron chi connectivity index (χ2n) is 9.07. The van der Waals surface area contributed by atoms with E-state index in [0.717, 1.165) is 44.9 Å². The monoisotopic (exact) mass is 356 g/mol. The number of allylic oxidation sites excluding steroid dienone is 1. The lowest BCUT2D eigenvalue weighted by Crippen LogP contribution is -2.58. The molecule has 2 bridgehead atoms. The maximum absolute atomic E-state index is 13.2. The van der Waals surface area contributed by atoms with Crippen LogP contribution in [0.1, 0.15) is 51.4 Å². The van der Waals surface area contributed by atoms with Crippen molar-refractivity contribution >= 4 is 5.78 Å². The molecule has 1 spiro atoms. The molecule has 5 rings (SSSR count). The van der Waals surface area contributed by atoms with Crippen LogP contribution in [0.25, 0.3) is 0 Å². The Labute approximate surface area is 155 Å². The van der Waals surface area contributed by atoms with Crippen LogP contribution >= 0.6 is 0 Å². The maximum atomic E-state index is 13.2.